The summed E-state index contributed by atoms with van der Waals surface area (Å²) in [5.41, 5.74) is 3.42. The Balaban J connectivity index is 1.72. The van der Waals surface area contributed by atoms with Gasteiger partial charge in [-0.05, 0) is 59.7 Å². The zero-order valence-corrected chi connectivity index (χ0v) is 24.0. The molecule has 2 unspecified atom stereocenters. The summed E-state index contributed by atoms with van der Waals surface area (Å²) in [7, 11) is 0. The summed E-state index contributed by atoms with van der Waals surface area (Å²) in [6, 6.07) is 21.7. The molecule has 43 heavy (non-hydrogen) atoms. The molecule has 0 spiro atoms. The number of carboxylic acid groups (broad SMARTS) is 2. The third-order valence-electron chi connectivity index (χ3n) is 6.61. The van der Waals surface area contributed by atoms with E-state index in [0.29, 0.717) is 35.3 Å². The lowest BCUT2D eigenvalue weighted by atomic mass is 9.89. The van der Waals surface area contributed by atoms with Gasteiger partial charge in [-0.3, -0.25) is 19.7 Å². The molecule has 2 atom stereocenters. The summed E-state index contributed by atoms with van der Waals surface area (Å²) in [6.07, 6.45) is 1.74. The van der Waals surface area contributed by atoms with Crippen molar-refractivity contribution in [2.24, 2.45) is 5.92 Å². The van der Waals surface area contributed by atoms with E-state index in [1.807, 2.05) is 19.9 Å². The molecule has 5 N–H and O–H groups in total. The molecule has 0 heterocycles. The lowest BCUT2D eigenvalue weighted by Gasteiger charge is -2.23. The SMILES string of the molecule is CC(C)CC(C(=O)NC(Cc1ccc(CCC(=O)O)cc1)C(=O)O)c1ccc(N/C(=C/[N+](=O)[O-])Nc2ccccc2)cc1. The van der Waals surface area contributed by atoms with Gasteiger partial charge in [0, 0.05) is 24.2 Å². The Morgan fingerprint density at radius 1 is 0.860 bits per heavy atom. The zero-order chi connectivity index (χ0) is 31.4. The monoisotopic (exact) mass is 588 g/mol. The largest absolute Gasteiger partial charge is 0.481 e. The standard InChI is InChI=1S/C32H36N4O7/c1-21(2)18-27(31(39)35-28(32(40)41)19-23-10-8-22(9-11-23)12-17-30(37)38)24-13-15-26(16-14-24)34-29(20-36(42)43)33-25-6-4-3-5-7-25/h3-11,13-16,20-21,27-28,33-34H,12,17-19H2,1-2H3,(H,35,39)(H,37,38)(H,40,41)/b29-20+. The van der Waals surface area contributed by atoms with Gasteiger partial charge in [-0.25, -0.2) is 4.79 Å². The number of carboxylic acids is 2. The summed E-state index contributed by atoms with van der Waals surface area (Å²) in [5, 5.41) is 38.5. The van der Waals surface area contributed by atoms with Gasteiger partial charge in [0.05, 0.1) is 10.8 Å². The van der Waals surface area contributed by atoms with Crippen LogP contribution in [0.4, 0.5) is 11.4 Å². The van der Waals surface area contributed by atoms with Crippen molar-refractivity contribution in [2.45, 2.75) is 51.5 Å². The number of para-hydroxylation sites is 1. The molecule has 0 aliphatic carbocycles. The number of carbonyl (C=O) groups excluding carboxylic acids is 1. The minimum atomic E-state index is -1.16. The lowest BCUT2D eigenvalue weighted by molar-refractivity contribution is -0.403. The molecule has 1 amide bonds. The first kappa shape index (κ1) is 32.3. The van der Waals surface area contributed by atoms with Gasteiger partial charge in [0.15, 0.2) is 5.82 Å². The highest BCUT2D eigenvalue weighted by Gasteiger charge is 2.27. The Morgan fingerprint density at radius 2 is 1.44 bits per heavy atom. The third kappa shape index (κ3) is 11.0. The molecule has 0 saturated carbocycles. The summed E-state index contributed by atoms with van der Waals surface area (Å²) in [6.45, 7) is 3.95. The second kappa shape index (κ2) is 15.7. The number of aryl methyl sites for hydroxylation is 1. The summed E-state index contributed by atoms with van der Waals surface area (Å²) in [4.78, 5) is 46.9. The van der Waals surface area contributed by atoms with Gasteiger partial charge in [-0.15, -0.1) is 0 Å². The normalized spacial score (nSPS) is 12.7. The van der Waals surface area contributed by atoms with Crippen molar-refractivity contribution in [1.82, 2.24) is 5.32 Å². The fraction of sp³-hybridized carbons (Fsp3) is 0.281. The van der Waals surface area contributed by atoms with Crippen LogP contribution in [0.3, 0.4) is 0 Å². The van der Waals surface area contributed by atoms with E-state index in [1.54, 1.807) is 72.8 Å². The Morgan fingerprint density at radius 3 is 1.98 bits per heavy atom. The zero-order valence-electron chi connectivity index (χ0n) is 24.0. The predicted molar refractivity (Wildman–Crippen MR) is 163 cm³/mol. The molecule has 0 fully saturated rings. The minimum absolute atomic E-state index is 0.00274. The number of benzene rings is 3. The number of amides is 1. The van der Waals surface area contributed by atoms with Crippen LogP contribution in [-0.2, 0) is 27.2 Å². The Kier molecular flexibility index (Phi) is 11.8. The van der Waals surface area contributed by atoms with Crippen LogP contribution in [0.25, 0.3) is 0 Å². The van der Waals surface area contributed by atoms with Gasteiger partial charge in [0.1, 0.15) is 6.04 Å². The number of rotatable bonds is 16. The van der Waals surface area contributed by atoms with E-state index in [2.05, 4.69) is 16.0 Å². The molecule has 11 nitrogen and oxygen atoms in total. The number of hydrogen-bond donors (Lipinski definition) is 5. The van der Waals surface area contributed by atoms with Crippen LogP contribution in [-0.4, -0.2) is 39.0 Å². The average molecular weight is 589 g/mol. The summed E-state index contributed by atoms with van der Waals surface area (Å²) < 4.78 is 0. The van der Waals surface area contributed by atoms with Crippen molar-refractivity contribution in [3.8, 4) is 0 Å². The molecule has 11 heteroatoms. The molecular formula is C32H36N4O7. The van der Waals surface area contributed by atoms with E-state index in [0.717, 1.165) is 11.8 Å². The molecule has 226 valence electrons. The molecule has 3 aromatic carbocycles. The molecule has 0 aromatic heterocycles. The number of carbonyl (C=O) groups is 3. The van der Waals surface area contributed by atoms with E-state index in [4.69, 9.17) is 5.11 Å². The maximum Gasteiger partial charge on any atom is 0.326 e. The van der Waals surface area contributed by atoms with Crippen molar-refractivity contribution in [3.63, 3.8) is 0 Å². The van der Waals surface area contributed by atoms with Gasteiger partial charge in [-0.2, -0.15) is 0 Å². The van der Waals surface area contributed by atoms with Crippen LogP contribution in [0.15, 0.2) is 90.9 Å². The van der Waals surface area contributed by atoms with Crippen molar-refractivity contribution < 1.29 is 29.5 Å². The number of hydrogen-bond acceptors (Lipinski definition) is 7. The number of nitrogens with zero attached hydrogens (tertiary/aromatic N) is 1. The highest BCUT2D eigenvalue weighted by molar-refractivity contribution is 5.88. The van der Waals surface area contributed by atoms with E-state index in [9.17, 15) is 29.6 Å². The molecule has 0 saturated heterocycles. The van der Waals surface area contributed by atoms with Crippen molar-refractivity contribution in [1.29, 1.82) is 0 Å². The maximum atomic E-state index is 13.4. The van der Waals surface area contributed by atoms with E-state index < -0.39 is 34.7 Å². The van der Waals surface area contributed by atoms with Crippen LogP contribution in [0.5, 0.6) is 0 Å². The fourth-order valence-electron chi connectivity index (χ4n) is 4.50. The lowest BCUT2D eigenvalue weighted by Crippen LogP contribution is -2.44. The Bertz CT molecular complexity index is 1420. The molecule has 0 aliphatic heterocycles. The third-order valence-corrected chi connectivity index (χ3v) is 6.61. The second-order valence-electron chi connectivity index (χ2n) is 10.6. The predicted octanol–water partition coefficient (Wildman–Crippen LogP) is 5.25. The molecule has 0 bridgehead atoms. The van der Waals surface area contributed by atoms with Gasteiger partial charge in [0.25, 0.3) is 6.20 Å². The van der Waals surface area contributed by atoms with Gasteiger partial charge in [0.2, 0.25) is 5.91 Å². The molecule has 0 radical (unpaired) electrons. The van der Waals surface area contributed by atoms with Crippen LogP contribution < -0.4 is 16.0 Å². The molecular weight excluding hydrogens is 552 g/mol. The van der Waals surface area contributed by atoms with E-state index >= 15 is 0 Å². The highest BCUT2D eigenvalue weighted by Crippen LogP contribution is 2.26. The molecule has 0 aliphatic rings. The minimum Gasteiger partial charge on any atom is -0.481 e. The van der Waals surface area contributed by atoms with Crippen LogP contribution in [0.1, 0.15) is 49.3 Å². The van der Waals surface area contributed by atoms with Crippen molar-refractivity contribution >= 4 is 29.2 Å². The first-order chi connectivity index (χ1) is 20.5. The fourth-order valence-corrected chi connectivity index (χ4v) is 4.50. The smallest absolute Gasteiger partial charge is 0.326 e. The van der Waals surface area contributed by atoms with Gasteiger partial charge in [-0.1, -0.05) is 68.4 Å². The Hall–Kier alpha value is -5.19. The van der Waals surface area contributed by atoms with Crippen LogP contribution in [0, 0.1) is 16.0 Å². The summed E-state index contributed by atoms with van der Waals surface area (Å²) >= 11 is 0. The number of nitro groups is 1. The number of anilines is 2. The van der Waals surface area contributed by atoms with Crippen molar-refractivity contribution in [2.75, 3.05) is 10.6 Å². The first-order valence-corrected chi connectivity index (χ1v) is 13.9. The average Bonchev–Trinajstić information content (AvgIpc) is 2.95. The van der Waals surface area contributed by atoms with E-state index in [1.165, 1.54) is 0 Å². The Labute approximate surface area is 249 Å². The number of nitrogens with one attached hydrogen (secondary N) is 3. The summed E-state index contributed by atoms with van der Waals surface area (Å²) in [5.74, 6) is -2.80. The quantitative estimate of drug-likeness (QED) is 0.111. The number of aliphatic carboxylic acids is 2. The van der Waals surface area contributed by atoms with Gasteiger partial charge >= 0.3 is 11.9 Å². The maximum absolute atomic E-state index is 13.4. The molecule has 3 rings (SSSR count). The van der Waals surface area contributed by atoms with Crippen LogP contribution in [0.2, 0.25) is 0 Å². The first-order valence-electron chi connectivity index (χ1n) is 13.9. The highest BCUT2D eigenvalue weighted by atomic mass is 16.6. The van der Waals surface area contributed by atoms with E-state index in [-0.39, 0.29) is 24.6 Å². The van der Waals surface area contributed by atoms with Crippen LogP contribution >= 0.6 is 0 Å². The van der Waals surface area contributed by atoms with Crippen molar-refractivity contribution in [3.05, 3.63) is 118 Å². The van der Waals surface area contributed by atoms with Gasteiger partial charge < -0.3 is 26.2 Å². The topological polar surface area (TPSA) is 171 Å². The molecule has 3 aromatic rings. The second-order valence-corrected chi connectivity index (χ2v) is 10.6.